The van der Waals surface area contributed by atoms with Crippen molar-refractivity contribution in [1.29, 1.82) is 0 Å². The molecule has 0 radical (unpaired) electrons. The predicted molar refractivity (Wildman–Crippen MR) is 219 cm³/mol. The number of hydrogen-bond acceptors (Lipinski definition) is 8. The molecule has 0 aliphatic carbocycles. The largest absolute Gasteiger partial charge is 0.397 e. The molecule has 0 bridgehead atoms. The van der Waals surface area contributed by atoms with Gasteiger partial charge in [0.1, 0.15) is 0 Å². The number of ether oxygens (including phenoxy) is 2. The average molecular weight is 757 g/mol. The normalized spacial score (nSPS) is 17.9. The first-order chi connectivity index (χ1) is 27.2. The van der Waals surface area contributed by atoms with Gasteiger partial charge in [0.05, 0.1) is 36.3 Å². The topological polar surface area (TPSA) is 146 Å². The zero-order chi connectivity index (χ0) is 39.4. The number of carbonyl (C=O) groups is 2. The van der Waals surface area contributed by atoms with E-state index >= 15 is 0 Å². The number of para-hydroxylation sites is 2. The first-order valence-electron chi connectivity index (χ1n) is 19.2. The van der Waals surface area contributed by atoms with Crippen molar-refractivity contribution in [1.82, 2.24) is 10.2 Å². The van der Waals surface area contributed by atoms with Gasteiger partial charge in [-0.1, -0.05) is 115 Å². The Bertz CT molecular complexity index is 2020. The van der Waals surface area contributed by atoms with Crippen molar-refractivity contribution in [2.24, 2.45) is 0 Å². The average Bonchev–Trinajstić information content (AvgIpc) is 3.23. The van der Waals surface area contributed by atoms with Crippen LogP contribution in [0.4, 0.5) is 11.4 Å². The minimum atomic E-state index is -0.651. The van der Waals surface area contributed by atoms with E-state index in [-0.39, 0.29) is 49.5 Å². The summed E-state index contributed by atoms with van der Waals surface area (Å²) < 4.78 is 13.2. The molecular formula is C46H52N4O6. The highest BCUT2D eigenvalue weighted by atomic mass is 16.7. The number of benzene rings is 5. The standard InChI is InChI=1S/C46H52N4O6/c1-31(45(54)35-11-4-3-5-12-35)50(2)29-38-27-42(34-21-19-32(30-51)20-22-34)56-46(55-38)36-25-23-33(24-26-36)39-14-7-6-13-37(39)28-48-43(52)17-10-18-44(53)49-41-16-9-8-15-40(41)47/h3-9,11-16,19-26,31,38,42,45-46,51,54H,10,17-18,27-30,47H2,1-2H3,(H,48,52)(H,49,53)/t31-,38+,42-,45-,46-/m1/s1. The molecule has 56 heavy (non-hydrogen) atoms. The second-order valence-corrected chi connectivity index (χ2v) is 14.4. The molecule has 5 aromatic carbocycles. The Labute approximate surface area is 329 Å². The van der Waals surface area contributed by atoms with Gasteiger partial charge in [0.2, 0.25) is 11.8 Å². The van der Waals surface area contributed by atoms with Crippen LogP contribution in [0.2, 0.25) is 0 Å². The molecule has 5 aromatic rings. The van der Waals surface area contributed by atoms with E-state index in [1.807, 2.05) is 117 Å². The monoisotopic (exact) mass is 756 g/mol. The maximum absolute atomic E-state index is 12.8. The smallest absolute Gasteiger partial charge is 0.224 e. The first kappa shape index (κ1) is 40.3. The lowest BCUT2D eigenvalue weighted by Gasteiger charge is -2.39. The lowest BCUT2D eigenvalue weighted by molar-refractivity contribution is -0.253. The molecule has 10 heteroatoms. The van der Waals surface area contributed by atoms with Gasteiger partial charge in [-0.15, -0.1) is 0 Å². The van der Waals surface area contributed by atoms with E-state index in [9.17, 15) is 19.8 Å². The first-order valence-corrected chi connectivity index (χ1v) is 19.2. The van der Waals surface area contributed by atoms with Crippen LogP contribution in [-0.4, -0.2) is 52.7 Å². The molecule has 0 saturated carbocycles. The fourth-order valence-corrected chi connectivity index (χ4v) is 6.98. The lowest BCUT2D eigenvalue weighted by atomic mass is 9.97. The number of aliphatic hydroxyl groups excluding tert-OH is 2. The van der Waals surface area contributed by atoms with Gasteiger partial charge in [-0.3, -0.25) is 14.5 Å². The molecule has 292 valence electrons. The van der Waals surface area contributed by atoms with Gasteiger partial charge in [-0.2, -0.15) is 0 Å². The third kappa shape index (κ3) is 10.7. The number of amides is 2. The minimum absolute atomic E-state index is 0.0271. The third-order valence-electron chi connectivity index (χ3n) is 10.4. The lowest BCUT2D eigenvalue weighted by Crippen LogP contribution is -2.43. The zero-order valence-electron chi connectivity index (χ0n) is 32.0. The molecule has 6 N–H and O–H groups in total. The van der Waals surface area contributed by atoms with Crippen molar-refractivity contribution in [2.45, 2.75) is 76.4 Å². The van der Waals surface area contributed by atoms with E-state index < -0.39 is 12.4 Å². The summed E-state index contributed by atoms with van der Waals surface area (Å²) in [6.45, 7) is 2.93. The van der Waals surface area contributed by atoms with E-state index in [1.165, 1.54) is 0 Å². The SMILES string of the molecule is C[C@H]([C@@H](O)c1ccccc1)N(C)C[C@@H]1C[C@H](c2ccc(CO)cc2)O[C@H](c2ccc(-c3ccccc3CNC(=O)CCCC(=O)Nc3ccccc3N)cc2)O1. The van der Waals surface area contributed by atoms with Crippen LogP contribution in [0.3, 0.4) is 0 Å². The number of anilines is 2. The number of aliphatic hydroxyl groups is 2. The zero-order valence-corrected chi connectivity index (χ0v) is 32.0. The molecule has 1 aliphatic heterocycles. The predicted octanol–water partition coefficient (Wildman–Crippen LogP) is 7.45. The Kier molecular flexibility index (Phi) is 14.0. The number of nitrogen functional groups attached to an aromatic ring is 1. The Morgan fingerprint density at radius 1 is 0.821 bits per heavy atom. The summed E-state index contributed by atoms with van der Waals surface area (Å²) in [5, 5.41) is 26.6. The molecule has 0 aromatic heterocycles. The van der Waals surface area contributed by atoms with Crippen molar-refractivity contribution in [3.63, 3.8) is 0 Å². The summed E-state index contributed by atoms with van der Waals surface area (Å²) in [6.07, 6.45) is -0.227. The highest BCUT2D eigenvalue weighted by Crippen LogP contribution is 2.39. The van der Waals surface area contributed by atoms with E-state index in [1.54, 1.807) is 24.3 Å². The van der Waals surface area contributed by atoms with Gasteiger partial charge in [-0.05, 0) is 65.9 Å². The second-order valence-electron chi connectivity index (χ2n) is 14.4. The molecular weight excluding hydrogens is 705 g/mol. The Morgan fingerprint density at radius 2 is 1.48 bits per heavy atom. The van der Waals surface area contributed by atoms with E-state index in [0.29, 0.717) is 37.3 Å². The quantitative estimate of drug-likeness (QED) is 0.0653. The molecule has 0 unspecified atom stereocenters. The van der Waals surface area contributed by atoms with Gasteiger partial charge in [0, 0.05) is 44.0 Å². The molecule has 1 saturated heterocycles. The summed E-state index contributed by atoms with van der Waals surface area (Å²) in [6, 6.07) is 40.5. The molecule has 2 amide bonds. The number of nitrogens with one attached hydrogen (secondary N) is 2. The number of nitrogens with zero attached hydrogens (tertiary/aromatic N) is 1. The maximum Gasteiger partial charge on any atom is 0.224 e. The molecule has 1 aliphatic rings. The number of nitrogens with two attached hydrogens (primary N) is 1. The molecule has 1 fully saturated rings. The van der Waals surface area contributed by atoms with Crippen molar-refractivity contribution >= 4 is 23.2 Å². The highest BCUT2D eigenvalue weighted by molar-refractivity contribution is 5.94. The highest BCUT2D eigenvalue weighted by Gasteiger charge is 2.34. The summed E-state index contributed by atoms with van der Waals surface area (Å²) >= 11 is 0. The maximum atomic E-state index is 12.8. The van der Waals surface area contributed by atoms with Gasteiger partial charge < -0.3 is 36.1 Å². The van der Waals surface area contributed by atoms with Gasteiger partial charge in [0.25, 0.3) is 0 Å². The Morgan fingerprint density at radius 3 is 2.21 bits per heavy atom. The minimum Gasteiger partial charge on any atom is -0.397 e. The Balaban J connectivity index is 1.09. The van der Waals surface area contributed by atoms with Crippen LogP contribution < -0.4 is 16.4 Å². The van der Waals surface area contributed by atoms with Crippen molar-refractivity contribution in [2.75, 3.05) is 24.6 Å². The van der Waals surface area contributed by atoms with Crippen LogP contribution >= 0.6 is 0 Å². The van der Waals surface area contributed by atoms with Gasteiger partial charge in [-0.25, -0.2) is 0 Å². The van der Waals surface area contributed by atoms with E-state index in [0.717, 1.165) is 38.9 Å². The van der Waals surface area contributed by atoms with Crippen LogP contribution in [0.15, 0.2) is 127 Å². The number of hydrogen-bond donors (Lipinski definition) is 5. The molecule has 10 nitrogen and oxygen atoms in total. The van der Waals surface area contributed by atoms with Crippen LogP contribution in [0.25, 0.3) is 11.1 Å². The number of likely N-dealkylation sites (N-methyl/N-ethyl adjacent to an activating group) is 1. The Hall–Kier alpha value is -5.36. The molecule has 6 rings (SSSR count). The molecule has 0 spiro atoms. The number of rotatable bonds is 16. The fourth-order valence-electron chi connectivity index (χ4n) is 6.98. The van der Waals surface area contributed by atoms with Crippen molar-refractivity contribution in [3.8, 4) is 11.1 Å². The molecule has 1 heterocycles. The van der Waals surface area contributed by atoms with Crippen molar-refractivity contribution in [3.05, 3.63) is 155 Å². The fraction of sp³-hybridized carbons (Fsp3) is 0.304. The van der Waals surface area contributed by atoms with E-state index in [2.05, 4.69) is 15.5 Å². The summed E-state index contributed by atoms with van der Waals surface area (Å²) in [5.74, 6) is -0.310. The molecule has 5 atom stereocenters. The summed E-state index contributed by atoms with van der Waals surface area (Å²) in [4.78, 5) is 27.3. The third-order valence-corrected chi connectivity index (χ3v) is 10.4. The van der Waals surface area contributed by atoms with Gasteiger partial charge in [0.15, 0.2) is 6.29 Å². The van der Waals surface area contributed by atoms with Crippen LogP contribution in [-0.2, 0) is 32.2 Å². The van der Waals surface area contributed by atoms with E-state index in [4.69, 9.17) is 15.2 Å². The van der Waals surface area contributed by atoms with Crippen LogP contribution in [0, 0.1) is 0 Å². The number of carbonyl (C=O) groups excluding carboxylic acids is 2. The van der Waals surface area contributed by atoms with Crippen LogP contribution in [0.5, 0.6) is 0 Å². The summed E-state index contributed by atoms with van der Waals surface area (Å²) in [7, 11) is 2.01. The second kappa shape index (κ2) is 19.5. The van der Waals surface area contributed by atoms with Gasteiger partial charge >= 0.3 is 0 Å². The summed E-state index contributed by atoms with van der Waals surface area (Å²) in [5.41, 5.74) is 13.5. The van der Waals surface area contributed by atoms with Crippen molar-refractivity contribution < 1.29 is 29.3 Å². The van der Waals surface area contributed by atoms with Crippen LogP contribution in [0.1, 0.15) is 78.9 Å².